The van der Waals surface area contributed by atoms with Crippen molar-refractivity contribution in [1.82, 2.24) is 0 Å². The van der Waals surface area contributed by atoms with Crippen LogP contribution in [0.4, 0.5) is 0 Å². The van der Waals surface area contributed by atoms with Crippen LogP contribution < -0.4 is 0 Å². The Kier molecular flexibility index (Phi) is 6.41. The zero-order valence-corrected chi connectivity index (χ0v) is 18.1. The molecule has 0 unspecified atom stereocenters. The number of hydrogen-bond donors (Lipinski definition) is 2. The van der Waals surface area contributed by atoms with Gasteiger partial charge in [0.15, 0.2) is 11.9 Å². The molecule has 0 aliphatic heterocycles. The molecule has 28 heavy (non-hydrogen) atoms. The minimum absolute atomic E-state index is 0.0211. The molecular weight excluding hydrogens is 356 g/mol. The van der Waals surface area contributed by atoms with E-state index in [-0.39, 0.29) is 5.92 Å². The monoisotopic (exact) mass is 390 g/mol. The Bertz CT molecular complexity index is 742. The van der Waals surface area contributed by atoms with Gasteiger partial charge in [-0.3, -0.25) is 9.59 Å². The van der Waals surface area contributed by atoms with Crippen molar-refractivity contribution in [3.63, 3.8) is 0 Å². The molecule has 5 heteroatoms. The van der Waals surface area contributed by atoms with E-state index in [1.807, 2.05) is 40.7 Å². The van der Waals surface area contributed by atoms with Gasteiger partial charge in [0, 0.05) is 23.7 Å². The second kappa shape index (κ2) is 7.96. The number of fused-ring (bicyclic) bond motifs is 1. The number of carbonyl (C=O) groups is 2. The first-order chi connectivity index (χ1) is 12.8. The summed E-state index contributed by atoms with van der Waals surface area (Å²) in [6, 6.07) is 0. The SMILES string of the molecule is CC(=O)O[C@@H]1[C@@H](O)C(=O)/C(C)=C/C2=C[C@@H](C)[C@H](O)[C@]2(C)C/C(C)=C/CC1(C)C. The number of aliphatic hydroxyl groups is 2. The van der Waals surface area contributed by atoms with Gasteiger partial charge in [-0.1, -0.05) is 51.5 Å². The summed E-state index contributed by atoms with van der Waals surface area (Å²) in [5.41, 5.74) is 1.28. The Morgan fingerprint density at radius 2 is 1.82 bits per heavy atom. The molecule has 2 rings (SSSR count). The van der Waals surface area contributed by atoms with Crippen LogP contribution in [0.1, 0.15) is 61.3 Å². The number of ether oxygens (including phenoxy) is 1. The van der Waals surface area contributed by atoms with Gasteiger partial charge in [-0.2, -0.15) is 0 Å². The Labute approximate surface area is 168 Å². The van der Waals surface area contributed by atoms with Gasteiger partial charge in [-0.25, -0.2) is 0 Å². The number of Topliss-reactive ketones (excluding diaryl/α,β-unsaturated/α-hetero) is 1. The van der Waals surface area contributed by atoms with Crippen molar-refractivity contribution in [3.05, 3.63) is 34.9 Å². The number of ketones is 1. The predicted octanol–water partition coefficient (Wildman–Crippen LogP) is 3.50. The van der Waals surface area contributed by atoms with E-state index >= 15 is 0 Å². The highest BCUT2D eigenvalue weighted by atomic mass is 16.6. The number of allylic oxidation sites excluding steroid dienone is 3. The molecule has 0 spiro atoms. The molecule has 0 radical (unpaired) electrons. The van der Waals surface area contributed by atoms with E-state index in [1.165, 1.54) is 6.92 Å². The fraction of sp³-hybridized carbons (Fsp3) is 0.652. The molecule has 0 heterocycles. The average Bonchev–Trinajstić information content (AvgIpc) is 2.79. The van der Waals surface area contributed by atoms with E-state index in [1.54, 1.807) is 13.0 Å². The van der Waals surface area contributed by atoms with Crippen LogP contribution in [0.15, 0.2) is 34.9 Å². The summed E-state index contributed by atoms with van der Waals surface area (Å²) in [4.78, 5) is 24.6. The van der Waals surface area contributed by atoms with Crippen LogP contribution in [-0.4, -0.2) is 40.3 Å². The van der Waals surface area contributed by atoms with Crippen molar-refractivity contribution in [2.45, 2.75) is 79.6 Å². The molecule has 0 saturated heterocycles. The molecule has 5 nitrogen and oxygen atoms in total. The zero-order valence-electron chi connectivity index (χ0n) is 18.1. The molecule has 2 N–H and O–H groups in total. The van der Waals surface area contributed by atoms with Crippen molar-refractivity contribution in [2.75, 3.05) is 0 Å². The van der Waals surface area contributed by atoms with E-state index in [2.05, 4.69) is 6.08 Å². The summed E-state index contributed by atoms with van der Waals surface area (Å²) in [7, 11) is 0. The van der Waals surface area contributed by atoms with Crippen molar-refractivity contribution >= 4 is 11.8 Å². The molecule has 5 atom stereocenters. The van der Waals surface area contributed by atoms with E-state index < -0.39 is 40.9 Å². The lowest BCUT2D eigenvalue weighted by molar-refractivity contribution is -0.165. The minimum atomic E-state index is -1.45. The average molecular weight is 391 g/mol. The van der Waals surface area contributed by atoms with Crippen LogP contribution in [-0.2, 0) is 14.3 Å². The Morgan fingerprint density at radius 3 is 2.39 bits per heavy atom. The standard InChI is InChI=1S/C23H34O5/c1-13-8-9-22(5,6)21(28-16(4)24)19(26)18(25)14(2)10-17-11-15(3)20(27)23(17,7)12-13/h8,10-11,15,19-21,26-27H,9,12H2,1-7H3/b13-8+,14-10+/t15-,19+,20+,21-,23-/m1/s1. The van der Waals surface area contributed by atoms with E-state index in [0.29, 0.717) is 18.4 Å². The second-order valence-electron chi connectivity index (χ2n) is 9.43. The normalized spacial score (nSPS) is 40.0. The molecule has 0 aromatic rings. The maximum absolute atomic E-state index is 12.9. The summed E-state index contributed by atoms with van der Waals surface area (Å²) < 4.78 is 5.40. The molecule has 0 bridgehead atoms. The highest BCUT2D eigenvalue weighted by Gasteiger charge is 2.45. The first-order valence-corrected chi connectivity index (χ1v) is 9.93. The highest BCUT2D eigenvalue weighted by molar-refractivity contribution is 5.99. The molecule has 0 fully saturated rings. The molecule has 0 saturated carbocycles. The van der Waals surface area contributed by atoms with Gasteiger partial charge >= 0.3 is 5.97 Å². The van der Waals surface area contributed by atoms with Gasteiger partial charge in [-0.15, -0.1) is 0 Å². The molecule has 2 aliphatic rings. The third-order valence-corrected chi connectivity index (χ3v) is 6.25. The van der Waals surface area contributed by atoms with Crippen molar-refractivity contribution in [3.8, 4) is 0 Å². The van der Waals surface area contributed by atoms with Gasteiger partial charge in [0.05, 0.1) is 6.10 Å². The van der Waals surface area contributed by atoms with Crippen LogP contribution in [0, 0.1) is 16.7 Å². The quantitative estimate of drug-likeness (QED) is 0.529. The largest absolute Gasteiger partial charge is 0.459 e. The summed E-state index contributed by atoms with van der Waals surface area (Å²) in [5, 5.41) is 21.6. The first kappa shape index (κ1) is 22.6. The van der Waals surface area contributed by atoms with Gasteiger partial charge in [0.2, 0.25) is 0 Å². The van der Waals surface area contributed by atoms with E-state index in [9.17, 15) is 19.8 Å². The Hall–Kier alpha value is -1.72. The van der Waals surface area contributed by atoms with Gasteiger partial charge < -0.3 is 14.9 Å². The van der Waals surface area contributed by atoms with Crippen LogP contribution in [0.2, 0.25) is 0 Å². The lowest BCUT2D eigenvalue weighted by Crippen LogP contribution is -2.47. The van der Waals surface area contributed by atoms with Crippen LogP contribution in [0.25, 0.3) is 0 Å². The lowest BCUT2D eigenvalue weighted by Gasteiger charge is -2.37. The smallest absolute Gasteiger partial charge is 0.303 e. The topological polar surface area (TPSA) is 83.8 Å². The van der Waals surface area contributed by atoms with Crippen molar-refractivity contribution in [2.24, 2.45) is 16.7 Å². The Balaban J connectivity index is 2.58. The van der Waals surface area contributed by atoms with E-state index in [0.717, 1.165) is 11.1 Å². The highest BCUT2D eigenvalue weighted by Crippen LogP contribution is 2.47. The third kappa shape index (κ3) is 4.31. The number of carbonyl (C=O) groups excluding carboxylic acids is 2. The second-order valence-corrected chi connectivity index (χ2v) is 9.43. The number of aliphatic hydroxyl groups excluding tert-OH is 2. The van der Waals surface area contributed by atoms with E-state index in [4.69, 9.17) is 4.74 Å². The Morgan fingerprint density at radius 1 is 1.21 bits per heavy atom. The maximum atomic E-state index is 12.9. The predicted molar refractivity (Wildman–Crippen MR) is 108 cm³/mol. The summed E-state index contributed by atoms with van der Waals surface area (Å²) >= 11 is 0. The molecule has 0 aromatic carbocycles. The van der Waals surface area contributed by atoms with Gasteiger partial charge in [0.1, 0.15) is 6.10 Å². The third-order valence-electron chi connectivity index (χ3n) is 6.25. The fourth-order valence-corrected chi connectivity index (χ4v) is 4.45. The van der Waals surface area contributed by atoms with Gasteiger partial charge in [0.25, 0.3) is 0 Å². The van der Waals surface area contributed by atoms with Crippen molar-refractivity contribution < 1.29 is 24.5 Å². The summed E-state index contributed by atoms with van der Waals surface area (Å²) in [6.45, 7) is 12.7. The van der Waals surface area contributed by atoms with Crippen LogP contribution in [0.5, 0.6) is 0 Å². The number of rotatable bonds is 1. The van der Waals surface area contributed by atoms with Crippen molar-refractivity contribution in [1.29, 1.82) is 0 Å². The van der Waals surface area contributed by atoms with Crippen LogP contribution >= 0.6 is 0 Å². The lowest BCUT2D eigenvalue weighted by atomic mass is 9.72. The maximum Gasteiger partial charge on any atom is 0.303 e. The number of esters is 1. The molecular formula is C23H34O5. The first-order valence-electron chi connectivity index (χ1n) is 9.93. The summed E-state index contributed by atoms with van der Waals surface area (Å²) in [6.07, 6.45) is 4.09. The number of hydrogen-bond acceptors (Lipinski definition) is 5. The molecule has 0 amide bonds. The molecule has 2 aliphatic carbocycles. The van der Waals surface area contributed by atoms with Crippen LogP contribution in [0.3, 0.4) is 0 Å². The fourth-order valence-electron chi connectivity index (χ4n) is 4.45. The molecule has 156 valence electrons. The van der Waals surface area contributed by atoms with Gasteiger partial charge in [-0.05, 0) is 37.8 Å². The zero-order chi connectivity index (χ0) is 21.4. The summed E-state index contributed by atoms with van der Waals surface area (Å²) in [5.74, 6) is -1.01. The minimum Gasteiger partial charge on any atom is -0.459 e. The molecule has 0 aromatic heterocycles.